The van der Waals surface area contributed by atoms with E-state index in [0.29, 0.717) is 25.6 Å². The summed E-state index contributed by atoms with van der Waals surface area (Å²) in [5.74, 6) is 0.551. The molecule has 3 rings (SSSR count). The van der Waals surface area contributed by atoms with E-state index in [1.165, 1.54) is 0 Å². The molecule has 1 aromatic heterocycles. The SMILES string of the molecule is CC(C)(CN1CCOCC1)NC(=O)[C@H]1CN(c2ncccn2)CCO1. The van der Waals surface area contributed by atoms with Crippen LogP contribution in [0.3, 0.4) is 0 Å². The number of carbonyl (C=O) groups excluding carboxylic acids is 1. The van der Waals surface area contributed by atoms with Gasteiger partial charge in [-0.15, -0.1) is 0 Å². The second-order valence-corrected chi connectivity index (χ2v) is 7.12. The fourth-order valence-corrected chi connectivity index (χ4v) is 3.22. The average Bonchev–Trinajstić information content (AvgIpc) is 2.62. The van der Waals surface area contributed by atoms with E-state index >= 15 is 0 Å². The van der Waals surface area contributed by atoms with Gasteiger partial charge in [0.25, 0.3) is 5.91 Å². The van der Waals surface area contributed by atoms with E-state index in [9.17, 15) is 4.79 Å². The first-order chi connectivity index (χ1) is 12.0. The van der Waals surface area contributed by atoms with E-state index < -0.39 is 6.10 Å². The third-order valence-corrected chi connectivity index (χ3v) is 4.38. The monoisotopic (exact) mass is 349 g/mol. The molecule has 0 bridgehead atoms. The molecule has 1 aromatic rings. The molecule has 0 unspecified atom stereocenters. The molecule has 0 spiro atoms. The standard InChI is InChI=1S/C17H27N5O3/c1-17(2,13-21-6-9-24-10-7-21)20-15(23)14-12-22(8-11-25-14)16-18-4-3-5-19-16/h3-5,14H,6-13H2,1-2H3,(H,20,23)/t14-/m1/s1. The summed E-state index contributed by atoms with van der Waals surface area (Å²) in [6.45, 7) is 9.82. The van der Waals surface area contributed by atoms with Crippen molar-refractivity contribution in [1.29, 1.82) is 0 Å². The van der Waals surface area contributed by atoms with Crippen molar-refractivity contribution in [3.8, 4) is 0 Å². The summed E-state index contributed by atoms with van der Waals surface area (Å²) in [4.78, 5) is 25.5. The van der Waals surface area contributed by atoms with Gasteiger partial charge >= 0.3 is 0 Å². The fraction of sp³-hybridized carbons (Fsp3) is 0.706. The van der Waals surface area contributed by atoms with Crippen molar-refractivity contribution < 1.29 is 14.3 Å². The molecule has 1 N–H and O–H groups in total. The maximum Gasteiger partial charge on any atom is 0.251 e. The van der Waals surface area contributed by atoms with Gasteiger partial charge in [0.1, 0.15) is 0 Å². The smallest absolute Gasteiger partial charge is 0.251 e. The molecule has 0 aromatic carbocycles. The molecule has 2 saturated heterocycles. The van der Waals surface area contributed by atoms with Crippen LogP contribution in [0.2, 0.25) is 0 Å². The first-order valence-electron chi connectivity index (χ1n) is 8.79. The number of amides is 1. The zero-order valence-electron chi connectivity index (χ0n) is 15.0. The van der Waals surface area contributed by atoms with Crippen LogP contribution in [0.15, 0.2) is 18.5 Å². The normalized spacial score (nSPS) is 22.6. The molecule has 8 heteroatoms. The van der Waals surface area contributed by atoms with Gasteiger partial charge in [-0.3, -0.25) is 9.69 Å². The molecule has 8 nitrogen and oxygen atoms in total. The molecule has 1 amide bonds. The van der Waals surface area contributed by atoms with Crippen LogP contribution in [-0.4, -0.2) is 85.0 Å². The molecule has 2 aliphatic rings. The highest BCUT2D eigenvalue weighted by molar-refractivity contribution is 5.82. The van der Waals surface area contributed by atoms with Crippen LogP contribution in [0.25, 0.3) is 0 Å². The van der Waals surface area contributed by atoms with Crippen molar-refractivity contribution in [1.82, 2.24) is 20.2 Å². The van der Waals surface area contributed by atoms with E-state index in [-0.39, 0.29) is 11.4 Å². The van der Waals surface area contributed by atoms with Crippen molar-refractivity contribution in [2.24, 2.45) is 0 Å². The molecule has 25 heavy (non-hydrogen) atoms. The number of hydrogen-bond donors (Lipinski definition) is 1. The summed E-state index contributed by atoms with van der Waals surface area (Å²) in [6, 6.07) is 1.78. The minimum absolute atomic E-state index is 0.0844. The van der Waals surface area contributed by atoms with Gasteiger partial charge in [-0.25, -0.2) is 9.97 Å². The lowest BCUT2D eigenvalue weighted by molar-refractivity contribution is -0.135. The lowest BCUT2D eigenvalue weighted by Gasteiger charge is -2.37. The van der Waals surface area contributed by atoms with E-state index in [4.69, 9.17) is 9.47 Å². The Bertz CT molecular complexity index is 563. The Labute approximate surface area is 148 Å². The molecule has 138 valence electrons. The summed E-state index contributed by atoms with van der Waals surface area (Å²) in [7, 11) is 0. The minimum Gasteiger partial charge on any atom is -0.379 e. The third-order valence-electron chi connectivity index (χ3n) is 4.38. The summed E-state index contributed by atoms with van der Waals surface area (Å²) < 4.78 is 11.1. The van der Waals surface area contributed by atoms with Crippen LogP contribution >= 0.6 is 0 Å². The van der Waals surface area contributed by atoms with Crippen LogP contribution in [0, 0.1) is 0 Å². The third kappa shape index (κ3) is 5.10. The van der Waals surface area contributed by atoms with Crippen molar-refractivity contribution in [3.05, 3.63) is 18.5 Å². The molecule has 3 heterocycles. The zero-order chi connectivity index (χ0) is 17.7. The number of nitrogens with one attached hydrogen (secondary N) is 1. The van der Waals surface area contributed by atoms with Crippen LogP contribution in [0.5, 0.6) is 0 Å². The number of ether oxygens (including phenoxy) is 2. The molecule has 0 radical (unpaired) electrons. The second-order valence-electron chi connectivity index (χ2n) is 7.12. The average molecular weight is 349 g/mol. The maximum atomic E-state index is 12.7. The van der Waals surface area contributed by atoms with Crippen LogP contribution in [0.1, 0.15) is 13.8 Å². The van der Waals surface area contributed by atoms with Crippen LogP contribution in [0.4, 0.5) is 5.95 Å². The number of nitrogens with zero attached hydrogens (tertiary/aromatic N) is 4. The van der Waals surface area contributed by atoms with Crippen molar-refractivity contribution in [2.75, 3.05) is 57.4 Å². The number of morpholine rings is 2. The molecular weight excluding hydrogens is 322 g/mol. The number of aromatic nitrogens is 2. The van der Waals surface area contributed by atoms with Gasteiger partial charge in [0, 0.05) is 44.1 Å². The highest BCUT2D eigenvalue weighted by Crippen LogP contribution is 2.14. The summed E-state index contributed by atoms with van der Waals surface area (Å²) in [5.41, 5.74) is -0.330. The van der Waals surface area contributed by atoms with Gasteiger partial charge in [0.15, 0.2) is 6.10 Å². The van der Waals surface area contributed by atoms with E-state index in [2.05, 4.69) is 20.2 Å². The number of rotatable bonds is 5. The van der Waals surface area contributed by atoms with Gasteiger partial charge in [0.2, 0.25) is 5.95 Å². The van der Waals surface area contributed by atoms with E-state index in [1.807, 2.05) is 18.7 Å². The molecular formula is C17H27N5O3. The lowest BCUT2D eigenvalue weighted by atomic mass is 10.0. The first kappa shape index (κ1) is 18.0. The number of hydrogen-bond acceptors (Lipinski definition) is 7. The van der Waals surface area contributed by atoms with Crippen molar-refractivity contribution in [3.63, 3.8) is 0 Å². The lowest BCUT2D eigenvalue weighted by Crippen LogP contribution is -2.58. The van der Waals surface area contributed by atoms with Crippen molar-refractivity contribution in [2.45, 2.75) is 25.5 Å². The maximum absolute atomic E-state index is 12.7. The predicted molar refractivity (Wildman–Crippen MR) is 93.5 cm³/mol. The zero-order valence-corrected chi connectivity index (χ0v) is 15.0. The summed E-state index contributed by atoms with van der Waals surface area (Å²) in [5, 5.41) is 3.13. The number of anilines is 1. The molecule has 2 fully saturated rings. The Kier molecular flexibility index (Phi) is 5.82. The van der Waals surface area contributed by atoms with Gasteiger partial charge in [-0.05, 0) is 19.9 Å². The fourth-order valence-electron chi connectivity index (χ4n) is 3.22. The molecule has 1 atom stereocenters. The van der Waals surface area contributed by atoms with E-state index in [0.717, 1.165) is 32.8 Å². The Morgan fingerprint density at radius 2 is 1.96 bits per heavy atom. The minimum atomic E-state index is -0.512. The van der Waals surface area contributed by atoms with Gasteiger partial charge in [-0.1, -0.05) is 0 Å². The van der Waals surface area contributed by atoms with Crippen molar-refractivity contribution >= 4 is 11.9 Å². The Morgan fingerprint density at radius 1 is 1.24 bits per heavy atom. The highest BCUT2D eigenvalue weighted by Gasteiger charge is 2.32. The second kappa shape index (κ2) is 8.07. The Balaban J connectivity index is 1.54. The largest absolute Gasteiger partial charge is 0.379 e. The summed E-state index contributed by atoms with van der Waals surface area (Å²) in [6.07, 6.45) is 2.90. The topological polar surface area (TPSA) is 79.8 Å². The van der Waals surface area contributed by atoms with Gasteiger partial charge in [-0.2, -0.15) is 0 Å². The Morgan fingerprint density at radius 3 is 2.68 bits per heavy atom. The van der Waals surface area contributed by atoms with Gasteiger partial charge < -0.3 is 19.7 Å². The summed E-state index contributed by atoms with van der Waals surface area (Å²) >= 11 is 0. The van der Waals surface area contributed by atoms with Gasteiger partial charge in [0.05, 0.1) is 26.4 Å². The molecule has 2 aliphatic heterocycles. The van der Waals surface area contributed by atoms with Crippen LogP contribution < -0.4 is 10.2 Å². The quantitative estimate of drug-likeness (QED) is 0.796. The highest BCUT2D eigenvalue weighted by atomic mass is 16.5. The first-order valence-corrected chi connectivity index (χ1v) is 8.79. The molecule has 0 aliphatic carbocycles. The van der Waals surface area contributed by atoms with E-state index in [1.54, 1.807) is 18.5 Å². The molecule has 0 saturated carbocycles. The Hall–Kier alpha value is -1.77. The number of carbonyl (C=O) groups is 1. The van der Waals surface area contributed by atoms with Crippen LogP contribution in [-0.2, 0) is 14.3 Å². The predicted octanol–water partition coefficient (Wildman–Crippen LogP) is -0.0912.